The Kier molecular flexibility index (Phi) is 6.27. The van der Waals surface area contributed by atoms with E-state index in [4.69, 9.17) is 0 Å². The van der Waals surface area contributed by atoms with Crippen LogP contribution in [0.25, 0.3) is 0 Å². The maximum Gasteiger partial charge on any atom is 0.271 e. The van der Waals surface area contributed by atoms with E-state index in [1.807, 2.05) is 24.9 Å². The first-order chi connectivity index (χ1) is 14.5. The van der Waals surface area contributed by atoms with Crippen molar-refractivity contribution in [3.05, 3.63) is 56.3 Å². The van der Waals surface area contributed by atoms with Gasteiger partial charge in [0.1, 0.15) is 5.69 Å². The Labute approximate surface area is 181 Å². The number of rotatable bonds is 5. The molecule has 0 bridgehead atoms. The van der Waals surface area contributed by atoms with E-state index in [2.05, 4.69) is 21.4 Å². The van der Waals surface area contributed by atoms with Crippen LogP contribution in [0.5, 0.6) is 0 Å². The van der Waals surface area contributed by atoms with Gasteiger partial charge >= 0.3 is 0 Å². The number of carbonyl (C=O) groups excluding carboxylic acids is 2. The second-order valence-corrected chi connectivity index (χ2v) is 9.17. The molecule has 0 radical (unpaired) electrons. The Balaban J connectivity index is 1.43. The maximum atomic E-state index is 12.8. The standard InChI is InChI=1S/C23H28N4O2S/c1-15-20(12-25-23(29)21-14-30-16(2)26-21)19-8-9-27(13-18(19)11-24-15)22(28)10-17-6-4-3-5-7-17/h6,11,14H,3-5,7-10,12-13H2,1-2H3,(H,25,29). The minimum absolute atomic E-state index is 0.162. The number of hydrogen-bond donors (Lipinski definition) is 1. The van der Waals surface area contributed by atoms with Gasteiger partial charge < -0.3 is 10.2 Å². The third kappa shape index (κ3) is 4.61. The number of carbonyl (C=O) groups is 2. The molecule has 0 saturated carbocycles. The van der Waals surface area contributed by atoms with Gasteiger partial charge in [-0.1, -0.05) is 11.6 Å². The van der Waals surface area contributed by atoms with Gasteiger partial charge in [-0.05, 0) is 62.6 Å². The molecule has 1 N–H and O–H groups in total. The zero-order valence-corrected chi connectivity index (χ0v) is 18.5. The molecule has 4 rings (SSSR count). The van der Waals surface area contributed by atoms with Gasteiger partial charge in [0, 0.05) is 43.3 Å². The van der Waals surface area contributed by atoms with Crippen molar-refractivity contribution >= 4 is 23.2 Å². The number of pyridine rings is 1. The van der Waals surface area contributed by atoms with Crippen LogP contribution < -0.4 is 5.32 Å². The summed E-state index contributed by atoms with van der Waals surface area (Å²) in [7, 11) is 0. The molecule has 0 aromatic carbocycles. The van der Waals surface area contributed by atoms with E-state index in [1.165, 1.54) is 35.3 Å². The van der Waals surface area contributed by atoms with Crippen molar-refractivity contribution in [1.29, 1.82) is 0 Å². The smallest absolute Gasteiger partial charge is 0.271 e. The van der Waals surface area contributed by atoms with Gasteiger partial charge in [0.25, 0.3) is 5.91 Å². The van der Waals surface area contributed by atoms with Gasteiger partial charge in [-0.25, -0.2) is 4.98 Å². The highest BCUT2D eigenvalue weighted by Gasteiger charge is 2.25. The van der Waals surface area contributed by atoms with Crippen LogP contribution in [0.1, 0.15) is 70.0 Å². The lowest BCUT2D eigenvalue weighted by Gasteiger charge is -2.31. The number of nitrogens with one attached hydrogen (secondary N) is 1. The molecule has 0 spiro atoms. The molecule has 3 heterocycles. The highest BCUT2D eigenvalue weighted by Crippen LogP contribution is 2.26. The van der Waals surface area contributed by atoms with E-state index < -0.39 is 0 Å². The molecular weight excluding hydrogens is 396 g/mol. The second kappa shape index (κ2) is 9.08. The van der Waals surface area contributed by atoms with Crippen molar-refractivity contribution in [2.75, 3.05) is 6.54 Å². The SMILES string of the molecule is Cc1nc(C(=O)NCc2c(C)ncc3c2CCN(C(=O)CC2=CCCCC2)C3)cs1. The van der Waals surface area contributed by atoms with Gasteiger partial charge in [-0.2, -0.15) is 0 Å². The van der Waals surface area contributed by atoms with Crippen molar-refractivity contribution in [2.24, 2.45) is 0 Å². The zero-order valence-electron chi connectivity index (χ0n) is 17.7. The van der Waals surface area contributed by atoms with E-state index in [9.17, 15) is 9.59 Å². The van der Waals surface area contributed by atoms with Crippen LogP contribution in [0.3, 0.4) is 0 Å². The lowest BCUT2D eigenvalue weighted by Crippen LogP contribution is -2.37. The van der Waals surface area contributed by atoms with Crippen LogP contribution in [-0.2, 0) is 24.3 Å². The van der Waals surface area contributed by atoms with E-state index >= 15 is 0 Å². The summed E-state index contributed by atoms with van der Waals surface area (Å²) in [6.45, 7) is 5.61. The fourth-order valence-corrected chi connectivity index (χ4v) is 4.86. The first kappa shape index (κ1) is 20.7. The molecule has 1 aliphatic heterocycles. The Bertz CT molecular complexity index is 995. The Morgan fingerprint density at radius 3 is 2.83 bits per heavy atom. The van der Waals surface area contributed by atoms with E-state index in [0.29, 0.717) is 25.2 Å². The van der Waals surface area contributed by atoms with E-state index in [1.54, 1.807) is 5.38 Å². The third-order valence-electron chi connectivity index (χ3n) is 5.99. The fourth-order valence-electron chi connectivity index (χ4n) is 4.27. The fraction of sp³-hybridized carbons (Fsp3) is 0.478. The van der Waals surface area contributed by atoms with Crippen LogP contribution in [-0.4, -0.2) is 33.2 Å². The number of allylic oxidation sites excluding steroid dienone is 1. The monoisotopic (exact) mass is 424 g/mol. The summed E-state index contributed by atoms with van der Waals surface area (Å²) in [4.78, 5) is 35.9. The first-order valence-electron chi connectivity index (χ1n) is 10.6. The minimum Gasteiger partial charge on any atom is -0.347 e. The molecule has 30 heavy (non-hydrogen) atoms. The molecule has 0 atom stereocenters. The van der Waals surface area contributed by atoms with Crippen molar-refractivity contribution in [2.45, 2.75) is 65.5 Å². The summed E-state index contributed by atoms with van der Waals surface area (Å²) >= 11 is 1.47. The second-order valence-electron chi connectivity index (χ2n) is 8.11. The van der Waals surface area contributed by atoms with Crippen molar-refractivity contribution in [3.63, 3.8) is 0 Å². The Morgan fingerprint density at radius 1 is 1.23 bits per heavy atom. The average molecular weight is 425 g/mol. The number of thiazole rings is 1. The third-order valence-corrected chi connectivity index (χ3v) is 6.76. The molecule has 2 aromatic rings. The first-order valence-corrected chi connectivity index (χ1v) is 11.5. The Morgan fingerprint density at radius 2 is 2.10 bits per heavy atom. The summed E-state index contributed by atoms with van der Waals surface area (Å²) in [5, 5.41) is 5.64. The maximum absolute atomic E-state index is 12.8. The summed E-state index contributed by atoms with van der Waals surface area (Å²) in [6.07, 6.45) is 10.1. The highest BCUT2D eigenvalue weighted by molar-refractivity contribution is 7.09. The topological polar surface area (TPSA) is 75.2 Å². The van der Waals surface area contributed by atoms with Crippen LogP contribution >= 0.6 is 11.3 Å². The number of aryl methyl sites for hydroxylation is 2. The van der Waals surface area contributed by atoms with Crippen molar-refractivity contribution in [3.8, 4) is 0 Å². The average Bonchev–Trinajstić information content (AvgIpc) is 3.19. The summed E-state index contributed by atoms with van der Waals surface area (Å²) in [5.41, 5.74) is 6.05. The van der Waals surface area contributed by atoms with Gasteiger partial charge in [-0.3, -0.25) is 14.6 Å². The van der Waals surface area contributed by atoms with Crippen LogP contribution in [0, 0.1) is 13.8 Å². The largest absolute Gasteiger partial charge is 0.347 e. The van der Waals surface area contributed by atoms with Gasteiger partial charge in [0.15, 0.2) is 0 Å². The number of nitrogens with zero attached hydrogens (tertiary/aromatic N) is 3. The summed E-state index contributed by atoms with van der Waals surface area (Å²) < 4.78 is 0. The Hall–Kier alpha value is -2.54. The molecular formula is C23H28N4O2S. The van der Waals surface area contributed by atoms with E-state index in [0.717, 1.165) is 47.6 Å². The van der Waals surface area contributed by atoms with Crippen LogP contribution in [0.2, 0.25) is 0 Å². The van der Waals surface area contributed by atoms with Gasteiger partial charge in [0.2, 0.25) is 5.91 Å². The molecule has 0 unspecified atom stereocenters. The van der Waals surface area contributed by atoms with E-state index in [-0.39, 0.29) is 11.8 Å². The molecule has 0 fully saturated rings. The molecule has 6 nitrogen and oxygen atoms in total. The molecule has 0 saturated heterocycles. The number of hydrogen-bond acceptors (Lipinski definition) is 5. The molecule has 2 aliphatic rings. The van der Waals surface area contributed by atoms with Crippen molar-refractivity contribution < 1.29 is 9.59 Å². The number of aromatic nitrogens is 2. The van der Waals surface area contributed by atoms with Gasteiger partial charge in [-0.15, -0.1) is 11.3 Å². The normalized spacial score (nSPS) is 16.1. The molecule has 2 amide bonds. The lowest BCUT2D eigenvalue weighted by atomic mass is 9.93. The van der Waals surface area contributed by atoms with Crippen molar-refractivity contribution in [1.82, 2.24) is 20.2 Å². The predicted molar refractivity (Wildman–Crippen MR) is 117 cm³/mol. The highest BCUT2D eigenvalue weighted by atomic mass is 32.1. The lowest BCUT2D eigenvalue weighted by molar-refractivity contribution is -0.131. The van der Waals surface area contributed by atoms with Gasteiger partial charge in [0.05, 0.1) is 5.01 Å². The summed E-state index contributed by atoms with van der Waals surface area (Å²) in [5.74, 6) is 0.0489. The minimum atomic E-state index is -0.162. The number of fused-ring (bicyclic) bond motifs is 1. The summed E-state index contributed by atoms with van der Waals surface area (Å²) in [6, 6.07) is 0. The molecule has 2 aromatic heterocycles. The molecule has 158 valence electrons. The number of amides is 2. The quantitative estimate of drug-likeness (QED) is 0.740. The van der Waals surface area contributed by atoms with Crippen LogP contribution in [0.4, 0.5) is 0 Å². The molecule has 1 aliphatic carbocycles. The molecule has 7 heteroatoms. The van der Waals surface area contributed by atoms with Crippen LogP contribution in [0.15, 0.2) is 23.2 Å². The predicted octanol–water partition coefficient (Wildman–Crippen LogP) is 3.86. The zero-order chi connectivity index (χ0) is 21.1.